The zero-order valence-electron chi connectivity index (χ0n) is 14.3. The molecular formula is C18H13N3O7. The number of nitro groups is 1. The number of amides is 2. The highest BCUT2D eigenvalue weighted by atomic mass is 16.6. The van der Waals surface area contributed by atoms with E-state index in [-0.39, 0.29) is 24.5 Å². The van der Waals surface area contributed by atoms with Crippen molar-refractivity contribution in [3.63, 3.8) is 0 Å². The molecule has 1 aromatic carbocycles. The molecule has 142 valence electrons. The van der Waals surface area contributed by atoms with Crippen molar-refractivity contribution in [1.82, 2.24) is 4.90 Å². The minimum atomic E-state index is -0.738. The molecule has 1 aliphatic rings. The van der Waals surface area contributed by atoms with Gasteiger partial charge < -0.3 is 19.1 Å². The Morgan fingerprint density at radius 2 is 1.89 bits per heavy atom. The Labute approximate surface area is 156 Å². The maximum atomic E-state index is 12.3. The third-order valence-electron chi connectivity index (χ3n) is 4.42. The Balaban J connectivity index is 1.40. The minimum absolute atomic E-state index is 0.0233. The van der Waals surface area contributed by atoms with Gasteiger partial charge in [-0.1, -0.05) is 18.2 Å². The quantitative estimate of drug-likeness (QED) is 0.413. The van der Waals surface area contributed by atoms with E-state index >= 15 is 0 Å². The first-order chi connectivity index (χ1) is 13.4. The number of rotatable bonds is 4. The van der Waals surface area contributed by atoms with Gasteiger partial charge in [-0.3, -0.25) is 19.7 Å². The highest BCUT2D eigenvalue weighted by Gasteiger charge is 2.37. The molecule has 0 spiro atoms. The lowest BCUT2D eigenvalue weighted by Gasteiger charge is -2.37. The van der Waals surface area contributed by atoms with Gasteiger partial charge in [0.25, 0.3) is 5.91 Å². The molecule has 0 radical (unpaired) electrons. The highest BCUT2D eigenvalue weighted by molar-refractivity contribution is 5.98. The van der Waals surface area contributed by atoms with Crippen molar-refractivity contribution in [1.29, 1.82) is 0 Å². The molecule has 0 unspecified atom stereocenters. The predicted octanol–water partition coefficient (Wildman–Crippen LogP) is 2.00. The smallest absolute Gasteiger partial charge is 0.421 e. The maximum absolute atomic E-state index is 12.3. The number of para-hydroxylation sites is 1. The average Bonchev–Trinajstić information content (AvgIpc) is 3.11. The number of furan rings is 1. The molecule has 3 aromatic rings. The lowest BCUT2D eigenvalue weighted by molar-refractivity contribution is -0.402. The van der Waals surface area contributed by atoms with Gasteiger partial charge in [0, 0.05) is 18.5 Å². The molecule has 1 saturated heterocycles. The third kappa shape index (κ3) is 3.11. The number of benzene rings is 1. The van der Waals surface area contributed by atoms with E-state index in [1.807, 2.05) is 0 Å². The topological polar surface area (TPSA) is 136 Å². The summed E-state index contributed by atoms with van der Waals surface area (Å²) in [4.78, 5) is 47.7. The van der Waals surface area contributed by atoms with Crippen molar-refractivity contribution in [2.75, 3.05) is 18.4 Å². The largest absolute Gasteiger partial charge is 0.433 e. The number of likely N-dealkylation sites (tertiary alicyclic amines) is 1. The van der Waals surface area contributed by atoms with E-state index < -0.39 is 34.2 Å². The minimum Gasteiger partial charge on any atom is -0.421 e. The molecule has 28 heavy (non-hydrogen) atoms. The van der Waals surface area contributed by atoms with Crippen LogP contribution in [0.25, 0.3) is 11.0 Å². The molecule has 10 nitrogen and oxygen atoms in total. The fourth-order valence-corrected chi connectivity index (χ4v) is 2.89. The number of nitrogens with zero attached hydrogens (tertiary/aromatic N) is 2. The van der Waals surface area contributed by atoms with Crippen molar-refractivity contribution < 1.29 is 23.3 Å². The second-order valence-electron chi connectivity index (χ2n) is 6.28. The zero-order valence-corrected chi connectivity index (χ0v) is 14.3. The van der Waals surface area contributed by atoms with Crippen molar-refractivity contribution in [2.45, 2.75) is 0 Å². The Bertz CT molecular complexity index is 1160. The first-order valence-corrected chi connectivity index (χ1v) is 8.29. The Morgan fingerprint density at radius 1 is 1.14 bits per heavy atom. The van der Waals surface area contributed by atoms with E-state index in [9.17, 15) is 24.5 Å². The van der Waals surface area contributed by atoms with Crippen LogP contribution < -0.4 is 10.9 Å². The molecule has 2 aromatic heterocycles. The normalized spacial score (nSPS) is 13.9. The van der Waals surface area contributed by atoms with Crippen LogP contribution in [0.4, 0.5) is 11.6 Å². The second-order valence-corrected chi connectivity index (χ2v) is 6.28. The molecule has 3 heterocycles. The number of hydrogen-bond acceptors (Lipinski definition) is 7. The van der Waals surface area contributed by atoms with Gasteiger partial charge >= 0.3 is 11.5 Å². The van der Waals surface area contributed by atoms with E-state index in [4.69, 9.17) is 8.83 Å². The number of carbonyl (C=O) groups excluding carboxylic acids is 2. The number of anilines is 1. The number of carbonyl (C=O) groups is 2. The summed E-state index contributed by atoms with van der Waals surface area (Å²) in [6.45, 7) is 0.218. The van der Waals surface area contributed by atoms with Crippen molar-refractivity contribution in [3.8, 4) is 0 Å². The van der Waals surface area contributed by atoms with Gasteiger partial charge in [-0.25, -0.2) is 4.79 Å². The van der Waals surface area contributed by atoms with Gasteiger partial charge in [-0.15, -0.1) is 0 Å². The Kier molecular flexibility index (Phi) is 4.15. The van der Waals surface area contributed by atoms with Gasteiger partial charge in [0.05, 0.1) is 12.0 Å². The van der Waals surface area contributed by atoms with Crippen molar-refractivity contribution in [2.24, 2.45) is 5.92 Å². The van der Waals surface area contributed by atoms with Gasteiger partial charge in [-0.2, -0.15) is 0 Å². The second kappa shape index (κ2) is 6.65. The number of nitrogens with one attached hydrogen (secondary N) is 1. The van der Waals surface area contributed by atoms with E-state index in [0.717, 1.165) is 6.07 Å². The maximum Gasteiger partial charge on any atom is 0.433 e. The molecule has 10 heteroatoms. The first kappa shape index (κ1) is 17.5. The summed E-state index contributed by atoms with van der Waals surface area (Å²) in [6, 6.07) is 10.8. The van der Waals surface area contributed by atoms with Crippen LogP contribution in [0.5, 0.6) is 0 Å². The molecule has 1 fully saturated rings. The monoisotopic (exact) mass is 383 g/mol. The third-order valence-corrected chi connectivity index (χ3v) is 4.42. The molecule has 1 aliphatic heterocycles. The molecule has 1 N–H and O–H groups in total. The summed E-state index contributed by atoms with van der Waals surface area (Å²) in [5, 5.41) is 13.8. The van der Waals surface area contributed by atoms with Crippen LogP contribution in [-0.4, -0.2) is 34.7 Å². The Morgan fingerprint density at radius 3 is 2.61 bits per heavy atom. The van der Waals surface area contributed by atoms with Gasteiger partial charge in [0.1, 0.15) is 16.2 Å². The lowest BCUT2D eigenvalue weighted by Crippen LogP contribution is -2.54. The van der Waals surface area contributed by atoms with Gasteiger partial charge in [0.2, 0.25) is 5.91 Å². The van der Waals surface area contributed by atoms with E-state index in [1.54, 1.807) is 24.3 Å². The molecule has 4 rings (SSSR count). The van der Waals surface area contributed by atoms with Crippen LogP contribution in [0.2, 0.25) is 0 Å². The van der Waals surface area contributed by atoms with Crippen LogP contribution in [0.15, 0.2) is 56.1 Å². The standard InChI is InChI=1S/C18H13N3O7/c22-16(19-12-7-10-3-1-2-4-13(10)28-18(12)24)11-8-20(9-11)17(23)14-5-6-15(27-14)21(25)26/h1-7,11H,8-9H2,(H,19,22). The summed E-state index contributed by atoms with van der Waals surface area (Å²) in [6.07, 6.45) is 0. The summed E-state index contributed by atoms with van der Waals surface area (Å²) in [5.41, 5.74) is -0.226. The SMILES string of the molecule is O=C(Nc1cc2ccccc2oc1=O)C1CN(C(=O)c2ccc([N+](=O)[O-])o2)C1. The van der Waals surface area contributed by atoms with Crippen LogP contribution >= 0.6 is 0 Å². The summed E-state index contributed by atoms with van der Waals surface area (Å²) >= 11 is 0. The molecule has 0 atom stereocenters. The van der Waals surface area contributed by atoms with Crippen LogP contribution in [0, 0.1) is 16.0 Å². The van der Waals surface area contributed by atoms with Crippen molar-refractivity contribution >= 4 is 34.4 Å². The molecular weight excluding hydrogens is 370 g/mol. The van der Waals surface area contributed by atoms with E-state index in [2.05, 4.69) is 5.32 Å². The zero-order chi connectivity index (χ0) is 19.8. The fourth-order valence-electron chi connectivity index (χ4n) is 2.89. The Hall–Kier alpha value is -3.95. The number of hydrogen-bond donors (Lipinski definition) is 1. The molecule has 0 bridgehead atoms. The predicted molar refractivity (Wildman–Crippen MR) is 95.9 cm³/mol. The molecule has 2 amide bonds. The average molecular weight is 383 g/mol. The summed E-state index contributed by atoms with van der Waals surface area (Å²) in [5.74, 6) is -2.17. The van der Waals surface area contributed by atoms with Crippen LogP contribution in [0.1, 0.15) is 10.6 Å². The van der Waals surface area contributed by atoms with Gasteiger partial charge in [-0.05, 0) is 18.2 Å². The van der Waals surface area contributed by atoms with Crippen molar-refractivity contribution in [3.05, 3.63) is 68.8 Å². The fraction of sp³-hybridized carbons (Fsp3) is 0.167. The summed E-state index contributed by atoms with van der Waals surface area (Å²) < 4.78 is 10.0. The van der Waals surface area contributed by atoms with E-state index in [0.29, 0.717) is 11.0 Å². The first-order valence-electron chi connectivity index (χ1n) is 8.29. The summed E-state index contributed by atoms with van der Waals surface area (Å²) in [7, 11) is 0. The van der Waals surface area contributed by atoms with E-state index in [1.165, 1.54) is 17.0 Å². The van der Waals surface area contributed by atoms with Crippen LogP contribution in [-0.2, 0) is 4.79 Å². The molecule has 0 aliphatic carbocycles. The lowest BCUT2D eigenvalue weighted by atomic mass is 9.98. The number of fused-ring (bicyclic) bond motifs is 1. The molecule has 0 saturated carbocycles. The highest BCUT2D eigenvalue weighted by Crippen LogP contribution is 2.23. The van der Waals surface area contributed by atoms with Crippen LogP contribution in [0.3, 0.4) is 0 Å². The van der Waals surface area contributed by atoms with Gasteiger partial charge in [0.15, 0.2) is 5.76 Å².